The van der Waals surface area contributed by atoms with Crippen molar-refractivity contribution >= 4 is 17.5 Å². The number of amides is 2. The molecule has 3 rings (SSSR count). The molecule has 0 fully saturated rings. The van der Waals surface area contributed by atoms with Crippen LogP contribution in [0.3, 0.4) is 0 Å². The fraction of sp³-hybridized carbons (Fsp3) is 0.300. The van der Waals surface area contributed by atoms with Crippen molar-refractivity contribution in [3.63, 3.8) is 0 Å². The first-order valence-electron chi connectivity index (χ1n) is 8.77. The smallest absolute Gasteiger partial charge is 0.243 e. The van der Waals surface area contributed by atoms with Crippen molar-refractivity contribution in [1.82, 2.24) is 5.32 Å². The van der Waals surface area contributed by atoms with Crippen molar-refractivity contribution in [2.45, 2.75) is 25.7 Å². The zero-order valence-electron chi connectivity index (χ0n) is 15.0. The van der Waals surface area contributed by atoms with Crippen molar-refractivity contribution in [3.05, 3.63) is 53.8 Å². The number of carbonyl (C=O) groups excluding carboxylic acids is 2. The number of fused-ring (bicyclic) bond motifs is 1. The van der Waals surface area contributed by atoms with Gasteiger partial charge in [0.15, 0.2) is 11.5 Å². The molecule has 0 spiro atoms. The minimum Gasteiger partial charge on any atom is -0.454 e. The second-order valence-corrected chi connectivity index (χ2v) is 6.25. The summed E-state index contributed by atoms with van der Waals surface area (Å²) in [6.45, 7) is 2.00. The van der Waals surface area contributed by atoms with Gasteiger partial charge in [0.2, 0.25) is 18.6 Å². The SMILES string of the molecule is CCC(CC(=O)NCC(=O)Nc1ccc2c(c1)OCO2)c1ccc(F)cc1. The molecule has 2 N–H and O–H groups in total. The molecule has 2 aromatic carbocycles. The van der Waals surface area contributed by atoms with Crippen molar-refractivity contribution in [2.75, 3.05) is 18.7 Å². The van der Waals surface area contributed by atoms with Crippen LogP contribution in [0.15, 0.2) is 42.5 Å². The van der Waals surface area contributed by atoms with E-state index in [9.17, 15) is 14.0 Å². The summed E-state index contributed by atoms with van der Waals surface area (Å²) in [6, 6.07) is 11.2. The molecule has 0 bridgehead atoms. The lowest BCUT2D eigenvalue weighted by molar-refractivity contribution is -0.124. The summed E-state index contributed by atoms with van der Waals surface area (Å²) in [5.41, 5.74) is 1.47. The maximum Gasteiger partial charge on any atom is 0.243 e. The van der Waals surface area contributed by atoms with Crippen molar-refractivity contribution in [2.24, 2.45) is 0 Å². The van der Waals surface area contributed by atoms with Gasteiger partial charge in [0.1, 0.15) is 5.82 Å². The Morgan fingerprint density at radius 1 is 1.07 bits per heavy atom. The van der Waals surface area contributed by atoms with Gasteiger partial charge in [-0.05, 0) is 42.2 Å². The Bertz CT molecular complexity index is 823. The minimum atomic E-state index is -0.336. The molecule has 0 saturated heterocycles. The third-order valence-electron chi connectivity index (χ3n) is 4.37. The molecule has 0 aliphatic carbocycles. The van der Waals surface area contributed by atoms with Gasteiger partial charge in [-0.15, -0.1) is 0 Å². The van der Waals surface area contributed by atoms with Crippen molar-refractivity contribution < 1.29 is 23.5 Å². The van der Waals surface area contributed by atoms with Gasteiger partial charge < -0.3 is 20.1 Å². The second kappa shape index (κ2) is 8.53. The molecular weight excluding hydrogens is 351 g/mol. The summed E-state index contributed by atoms with van der Waals surface area (Å²) >= 11 is 0. The van der Waals surface area contributed by atoms with Crippen LogP contribution in [0, 0.1) is 5.82 Å². The number of halogens is 1. The average molecular weight is 372 g/mol. The molecule has 2 amide bonds. The summed E-state index contributed by atoms with van der Waals surface area (Å²) in [4.78, 5) is 24.2. The van der Waals surface area contributed by atoms with Crippen LogP contribution in [0.2, 0.25) is 0 Å². The van der Waals surface area contributed by atoms with Gasteiger partial charge in [-0.25, -0.2) is 4.39 Å². The number of anilines is 1. The number of ether oxygens (including phenoxy) is 2. The van der Waals surface area contributed by atoms with Gasteiger partial charge >= 0.3 is 0 Å². The molecule has 142 valence electrons. The highest BCUT2D eigenvalue weighted by molar-refractivity contribution is 5.94. The first-order valence-corrected chi connectivity index (χ1v) is 8.77. The van der Waals surface area contributed by atoms with Crippen LogP contribution in [-0.2, 0) is 9.59 Å². The highest BCUT2D eigenvalue weighted by Gasteiger charge is 2.16. The van der Waals surface area contributed by atoms with Gasteiger partial charge in [0, 0.05) is 18.2 Å². The Balaban J connectivity index is 1.47. The fourth-order valence-corrected chi connectivity index (χ4v) is 2.89. The summed E-state index contributed by atoms with van der Waals surface area (Å²) in [5, 5.41) is 5.32. The first-order chi connectivity index (χ1) is 13.0. The van der Waals surface area contributed by atoms with E-state index in [-0.39, 0.29) is 43.3 Å². The van der Waals surface area contributed by atoms with E-state index < -0.39 is 0 Å². The maximum atomic E-state index is 13.0. The Morgan fingerprint density at radius 2 is 1.81 bits per heavy atom. The standard InChI is InChI=1S/C20H21FN2O4/c1-2-13(14-3-5-15(21)6-4-14)9-19(24)22-11-20(25)23-16-7-8-17-18(10-16)27-12-26-17/h3-8,10,13H,2,9,11-12H2,1H3,(H,22,24)(H,23,25). The molecular formula is C20H21FN2O4. The zero-order valence-corrected chi connectivity index (χ0v) is 15.0. The van der Waals surface area contributed by atoms with Crippen LogP contribution < -0.4 is 20.1 Å². The monoisotopic (exact) mass is 372 g/mol. The van der Waals surface area contributed by atoms with Crippen LogP contribution in [0.1, 0.15) is 31.2 Å². The molecule has 7 heteroatoms. The van der Waals surface area contributed by atoms with E-state index >= 15 is 0 Å². The van der Waals surface area contributed by atoms with E-state index in [0.717, 1.165) is 12.0 Å². The fourth-order valence-electron chi connectivity index (χ4n) is 2.89. The zero-order chi connectivity index (χ0) is 19.2. The molecule has 1 atom stereocenters. The summed E-state index contributed by atoms with van der Waals surface area (Å²) in [5.74, 6) is 0.305. The van der Waals surface area contributed by atoms with Gasteiger partial charge in [-0.3, -0.25) is 9.59 Å². The minimum absolute atomic E-state index is 0.0254. The largest absolute Gasteiger partial charge is 0.454 e. The van der Waals surface area contributed by atoms with E-state index in [2.05, 4.69) is 10.6 Å². The van der Waals surface area contributed by atoms with Gasteiger partial charge in [0.05, 0.1) is 6.54 Å². The van der Waals surface area contributed by atoms with Crippen LogP contribution in [0.25, 0.3) is 0 Å². The summed E-state index contributed by atoms with van der Waals surface area (Å²) < 4.78 is 23.5. The lowest BCUT2D eigenvalue weighted by Gasteiger charge is -2.15. The highest BCUT2D eigenvalue weighted by Crippen LogP contribution is 2.34. The van der Waals surface area contributed by atoms with E-state index in [1.165, 1.54) is 12.1 Å². The van der Waals surface area contributed by atoms with Gasteiger partial charge in [-0.2, -0.15) is 0 Å². The summed E-state index contributed by atoms with van der Waals surface area (Å²) in [7, 11) is 0. The number of carbonyl (C=O) groups is 2. The molecule has 27 heavy (non-hydrogen) atoms. The predicted octanol–water partition coefficient (Wildman–Crippen LogP) is 3.19. The van der Waals surface area contributed by atoms with E-state index in [1.807, 2.05) is 6.92 Å². The Morgan fingerprint density at radius 3 is 2.56 bits per heavy atom. The average Bonchev–Trinajstić information content (AvgIpc) is 3.13. The third-order valence-corrected chi connectivity index (χ3v) is 4.37. The van der Waals surface area contributed by atoms with Crippen LogP contribution in [0.4, 0.5) is 10.1 Å². The van der Waals surface area contributed by atoms with Gasteiger partial charge in [-0.1, -0.05) is 19.1 Å². The van der Waals surface area contributed by atoms with Crippen LogP contribution in [0.5, 0.6) is 11.5 Å². The molecule has 0 aromatic heterocycles. The number of hydrogen-bond acceptors (Lipinski definition) is 4. The molecule has 1 aliphatic heterocycles. The molecule has 2 aromatic rings. The molecule has 1 heterocycles. The topological polar surface area (TPSA) is 76.7 Å². The number of nitrogens with one attached hydrogen (secondary N) is 2. The molecule has 6 nitrogen and oxygen atoms in total. The number of benzene rings is 2. The van der Waals surface area contributed by atoms with E-state index in [4.69, 9.17) is 9.47 Å². The lowest BCUT2D eigenvalue weighted by Crippen LogP contribution is -2.33. The third kappa shape index (κ3) is 4.97. The first kappa shape index (κ1) is 18.7. The van der Waals surface area contributed by atoms with Crippen molar-refractivity contribution in [1.29, 1.82) is 0 Å². The molecule has 0 saturated carbocycles. The Hall–Kier alpha value is -3.09. The lowest BCUT2D eigenvalue weighted by atomic mass is 9.93. The molecule has 1 unspecified atom stereocenters. The second-order valence-electron chi connectivity index (χ2n) is 6.25. The molecule has 1 aliphatic rings. The number of hydrogen-bond donors (Lipinski definition) is 2. The van der Waals surface area contributed by atoms with E-state index in [0.29, 0.717) is 17.2 Å². The Kier molecular flexibility index (Phi) is 5.90. The van der Waals surface area contributed by atoms with Crippen LogP contribution in [-0.4, -0.2) is 25.2 Å². The quantitative estimate of drug-likeness (QED) is 0.783. The Labute approximate surface area is 156 Å². The van der Waals surface area contributed by atoms with E-state index in [1.54, 1.807) is 30.3 Å². The van der Waals surface area contributed by atoms with Crippen LogP contribution >= 0.6 is 0 Å². The van der Waals surface area contributed by atoms with Gasteiger partial charge in [0.25, 0.3) is 0 Å². The number of rotatable bonds is 7. The highest BCUT2D eigenvalue weighted by atomic mass is 19.1. The normalized spacial score (nSPS) is 13.1. The maximum absolute atomic E-state index is 13.0. The summed E-state index contributed by atoms with van der Waals surface area (Å²) in [6.07, 6.45) is 0.974. The van der Waals surface area contributed by atoms with Crippen molar-refractivity contribution in [3.8, 4) is 11.5 Å². The predicted molar refractivity (Wildman–Crippen MR) is 98.3 cm³/mol. The molecule has 0 radical (unpaired) electrons.